The number of Topliss-reactive ketones (excluding diaryl/α,β-unsaturated/α-hetero) is 1. The maximum atomic E-state index is 12.7. The van der Waals surface area contributed by atoms with Crippen LogP contribution in [0.2, 0.25) is 0 Å². The number of allylic oxidation sites excluding steroid dienone is 1. The SMILES string of the molecule is COCO[C@]1(C(C)=O)CC[C@H]2[C@@H]3CCC4=CC(=O)CC[C@@H]4[C@H]3CC[C@@]21C. The number of methoxy groups -OCH3 is 1. The van der Waals surface area contributed by atoms with Gasteiger partial charge in [-0.1, -0.05) is 12.5 Å². The van der Waals surface area contributed by atoms with E-state index >= 15 is 0 Å². The smallest absolute Gasteiger partial charge is 0.162 e. The molecule has 0 spiro atoms. The summed E-state index contributed by atoms with van der Waals surface area (Å²) in [6.07, 6.45) is 10.0. The molecule has 0 aromatic heterocycles. The van der Waals surface area contributed by atoms with Gasteiger partial charge in [-0.25, -0.2) is 0 Å². The minimum atomic E-state index is -0.683. The molecule has 144 valence electrons. The van der Waals surface area contributed by atoms with Gasteiger partial charge in [0.05, 0.1) is 0 Å². The number of hydrogen-bond acceptors (Lipinski definition) is 4. The molecule has 0 amide bonds. The summed E-state index contributed by atoms with van der Waals surface area (Å²) in [4.78, 5) is 24.6. The molecule has 26 heavy (non-hydrogen) atoms. The molecule has 3 saturated carbocycles. The van der Waals surface area contributed by atoms with Gasteiger partial charge in [-0.15, -0.1) is 0 Å². The van der Waals surface area contributed by atoms with Gasteiger partial charge in [0.1, 0.15) is 12.4 Å². The predicted octanol–water partition coefficient (Wildman–Crippen LogP) is 4.08. The summed E-state index contributed by atoms with van der Waals surface area (Å²) >= 11 is 0. The van der Waals surface area contributed by atoms with Crippen LogP contribution in [0.3, 0.4) is 0 Å². The Hall–Kier alpha value is -1.00. The van der Waals surface area contributed by atoms with E-state index in [2.05, 4.69) is 6.92 Å². The van der Waals surface area contributed by atoms with Gasteiger partial charge in [0.15, 0.2) is 11.6 Å². The lowest BCUT2D eigenvalue weighted by atomic mass is 9.50. The Morgan fingerprint density at radius 3 is 2.69 bits per heavy atom. The summed E-state index contributed by atoms with van der Waals surface area (Å²) in [5, 5.41) is 0. The molecule has 4 rings (SSSR count). The molecule has 0 saturated heterocycles. The van der Waals surface area contributed by atoms with Crippen LogP contribution >= 0.6 is 0 Å². The van der Waals surface area contributed by atoms with Crippen LogP contribution in [0.5, 0.6) is 0 Å². The van der Waals surface area contributed by atoms with E-state index in [4.69, 9.17) is 9.47 Å². The molecule has 0 aliphatic heterocycles. The second-order valence-electron chi connectivity index (χ2n) is 9.23. The van der Waals surface area contributed by atoms with E-state index in [1.165, 1.54) is 12.0 Å². The van der Waals surface area contributed by atoms with Crippen molar-refractivity contribution in [3.8, 4) is 0 Å². The molecule has 4 aliphatic carbocycles. The highest BCUT2D eigenvalue weighted by atomic mass is 16.7. The number of fused-ring (bicyclic) bond motifs is 5. The van der Waals surface area contributed by atoms with E-state index in [0.29, 0.717) is 35.9 Å². The topological polar surface area (TPSA) is 52.6 Å². The lowest BCUT2D eigenvalue weighted by Gasteiger charge is -2.56. The second kappa shape index (κ2) is 6.56. The predicted molar refractivity (Wildman–Crippen MR) is 98.5 cm³/mol. The molecule has 0 radical (unpaired) electrons. The fourth-order valence-electron chi connectivity index (χ4n) is 7.26. The van der Waals surface area contributed by atoms with Crippen molar-refractivity contribution in [1.29, 1.82) is 0 Å². The molecular weight excluding hydrogens is 328 g/mol. The van der Waals surface area contributed by atoms with Crippen molar-refractivity contribution in [2.75, 3.05) is 13.9 Å². The van der Waals surface area contributed by atoms with Gasteiger partial charge in [0, 0.05) is 18.9 Å². The fourth-order valence-corrected chi connectivity index (χ4v) is 7.26. The van der Waals surface area contributed by atoms with Crippen LogP contribution in [0.4, 0.5) is 0 Å². The average molecular weight is 360 g/mol. The number of carbonyl (C=O) groups is 2. The molecule has 0 N–H and O–H groups in total. The summed E-state index contributed by atoms with van der Waals surface area (Å²) in [5.74, 6) is 2.98. The first-order chi connectivity index (χ1) is 12.4. The summed E-state index contributed by atoms with van der Waals surface area (Å²) < 4.78 is 11.3. The van der Waals surface area contributed by atoms with Gasteiger partial charge < -0.3 is 9.47 Å². The van der Waals surface area contributed by atoms with Gasteiger partial charge in [-0.05, 0) is 81.6 Å². The Bertz CT molecular complexity index is 638. The quantitative estimate of drug-likeness (QED) is 0.709. The normalized spacial score (nSPS) is 44.7. The van der Waals surface area contributed by atoms with Gasteiger partial charge in [-0.3, -0.25) is 9.59 Å². The second-order valence-corrected chi connectivity index (χ2v) is 9.23. The highest BCUT2D eigenvalue weighted by Gasteiger charge is 2.65. The molecule has 3 fully saturated rings. The molecule has 6 atom stereocenters. The van der Waals surface area contributed by atoms with Gasteiger partial charge >= 0.3 is 0 Å². The zero-order chi connectivity index (χ0) is 18.5. The molecule has 4 aliphatic rings. The van der Waals surface area contributed by atoms with E-state index in [1.807, 2.05) is 6.08 Å². The van der Waals surface area contributed by atoms with E-state index in [9.17, 15) is 9.59 Å². The van der Waals surface area contributed by atoms with Gasteiger partial charge in [0.25, 0.3) is 0 Å². The largest absolute Gasteiger partial charge is 0.359 e. The number of ketones is 2. The third-order valence-electron chi connectivity index (χ3n) is 8.41. The Morgan fingerprint density at radius 2 is 1.96 bits per heavy atom. The number of ether oxygens (including phenoxy) is 2. The van der Waals surface area contributed by atoms with Crippen molar-refractivity contribution in [2.24, 2.45) is 29.1 Å². The third-order valence-corrected chi connectivity index (χ3v) is 8.41. The van der Waals surface area contributed by atoms with Crippen molar-refractivity contribution >= 4 is 11.6 Å². The molecule has 4 nitrogen and oxygen atoms in total. The maximum absolute atomic E-state index is 12.7. The number of carbonyl (C=O) groups excluding carboxylic acids is 2. The Morgan fingerprint density at radius 1 is 1.15 bits per heavy atom. The third kappa shape index (κ3) is 2.48. The van der Waals surface area contributed by atoms with Gasteiger partial charge in [0.2, 0.25) is 0 Å². The average Bonchev–Trinajstić information content (AvgIpc) is 2.93. The van der Waals surface area contributed by atoms with E-state index < -0.39 is 5.60 Å². The molecule has 0 aromatic rings. The highest BCUT2D eigenvalue weighted by Crippen LogP contribution is 2.65. The first kappa shape index (κ1) is 18.4. The van der Waals surface area contributed by atoms with Crippen molar-refractivity contribution in [3.05, 3.63) is 11.6 Å². The van der Waals surface area contributed by atoms with Gasteiger partial charge in [-0.2, -0.15) is 0 Å². The minimum absolute atomic E-state index is 0.0930. The van der Waals surface area contributed by atoms with Crippen LogP contribution in [-0.2, 0) is 19.1 Å². The van der Waals surface area contributed by atoms with E-state index in [0.717, 1.165) is 38.5 Å². The lowest BCUT2D eigenvalue weighted by molar-refractivity contribution is -0.198. The lowest BCUT2D eigenvalue weighted by Crippen LogP contribution is -2.57. The van der Waals surface area contributed by atoms with E-state index in [1.54, 1.807) is 14.0 Å². The Labute approximate surface area is 156 Å². The first-order valence-electron chi connectivity index (χ1n) is 10.3. The summed E-state index contributed by atoms with van der Waals surface area (Å²) in [6.45, 7) is 4.19. The molecule has 0 aromatic carbocycles. The van der Waals surface area contributed by atoms with Crippen LogP contribution in [-0.4, -0.2) is 31.1 Å². The standard InChI is InChI=1S/C22H32O4/c1-14(23)22(26-13-25-3)11-9-20-19-6-4-15-12-16(24)5-7-17(15)18(19)8-10-21(20,22)2/h12,17-20H,4-11,13H2,1-3H3/t17-,18+,19+,20-,21-,22-/m0/s1. The van der Waals surface area contributed by atoms with Crippen LogP contribution in [0.15, 0.2) is 11.6 Å². The number of rotatable bonds is 4. The first-order valence-corrected chi connectivity index (χ1v) is 10.3. The molecule has 0 unspecified atom stereocenters. The minimum Gasteiger partial charge on any atom is -0.359 e. The van der Waals surface area contributed by atoms with Crippen LogP contribution < -0.4 is 0 Å². The zero-order valence-electron chi connectivity index (χ0n) is 16.4. The summed E-state index contributed by atoms with van der Waals surface area (Å²) in [5.41, 5.74) is 0.638. The van der Waals surface area contributed by atoms with Crippen LogP contribution in [0.25, 0.3) is 0 Å². The highest BCUT2D eigenvalue weighted by molar-refractivity contribution is 5.91. The van der Waals surface area contributed by atoms with Crippen LogP contribution in [0.1, 0.15) is 65.2 Å². The monoisotopic (exact) mass is 360 g/mol. The van der Waals surface area contributed by atoms with Crippen molar-refractivity contribution in [2.45, 2.75) is 70.8 Å². The zero-order valence-corrected chi connectivity index (χ0v) is 16.4. The maximum Gasteiger partial charge on any atom is 0.162 e. The van der Waals surface area contributed by atoms with Crippen molar-refractivity contribution < 1.29 is 19.1 Å². The van der Waals surface area contributed by atoms with Crippen molar-refractivity contribution in [1.82, 2.24) is 0 Å². The van der Waals surface area contributed by atoms with E-state index in [-0.39, 0.29) is 18.0 Å². The molecule has 0 heterocycles. The summed E-state index contributed by atoms with van der Waals surface area (Å²) in [6, 6.07) is 0. The molecule has 4 heteroatoms. The van der Waals surface area contributed by atoms with Crippen molar-refractivity contribution in [3.63, 3.8) is 0 Å². The number of hydrogen-bond donors (Lipinski definition) is 0. The molecule has 0 bridgehead atoms. The Kier molecular flexibility index (Phi) is 4.63. The molecular formula is C22H32O4. The van der Waals surface area contributed by atoms with Crippen LogP contribution in [0, 0.1) is 29.1 Å². The summed E-state index contributed by atoms with van der Waals surface area (Å²) in [7, 11) is 1.62. The fraction of sp³-hybridized carbons (Fsp3) is 0.818. The Balaban J connectivity index is 1.63.